The number of anilines is 1. The molecular weight excluding hydrogens is 244 g/mol. The maximum atomic E-state index is 5.65. The van der Waals surface area contributed by atoms with Crippen molar-refractivity contribution >= 4 is 23.2 Å². The summed E-state index contributed by atoms with van der Waals surface area (Å²) in [5.74, 6) is 1.55. The zero-order valence-corrected chi connectivity index (χ0v) is 11.8. The second kappa shape index (κ2) is 5.61. The standard InChI is InChI=1S/C13H20N4S/c1-3-4-10-5-6-17(8-10)13-15-9(2)7-11(16-13)12(14)18/h7,10H,3-6,8H2,1-2H3,(H2,14,18). The van der Waals surface area contributed by atoms with Gasteiger partial charge in [0, 0.05) is 18.8 Å². The summed E-state index contributed by atoms with van der Waals surface area (Å²) in [5.41, 5.74) is 7.24. The van der Waals surface area contributed by atoms with Gasteiger partial charge in [-0.15, -0.1) is 0 Å². The van der Waals surface area contributed by atoms with Gasteiger partial charge in [0.15, 0.2) is 0 Å². The molecule has 1 aliphatic rings. The van der Waals surface area contributed by atoms with Gasteiger partial charge in [-0.25, -0.2) is 9.97 Å². The van der Waals surface area contributed by atoms with Crippen LogP contribution in [0.1, 0.15) is 37.6 Å². The SMILES string of the molecule is CCCC1CCN(c2nc(C)cc(C(N)=S)n2)C1. The molecular formula is C13H20N4S. The Labute approximate surface area is 114 Å². The fourth-order valence-corrected chi connectivity index (χ4v) is 2.58. The van der Waals surface area contributed by atoms with Crippen LogP contribution in [0, 0.1) is 12.8 Å². The lowest BCUT2D eigenvalue weighted by Gasteiger charge is -2.17. The third kappa shape index (κ3) is 2.96. The molecule has 0 saturated carbocycles. The lowest BCUT2D eigenvalue weighted by molar-refractivity contribution is 0.529. The van der Waals surface area contributed by atoms with Gasteiger partial charge in [0.25, 0.3) is 0 Å². The van der Waals surface area contributed by atoms with Crippen molar-refractivity contribution in [2.45, 2.75) is 33.1 Å². The van der Waals surface area contributed by atoms with E-state index in [1.54, 1.807) is 0 Å². The number of hydrogen-bond acceptors (Lipinski definition) is 4. The smallest absolute Gasteiger partial charge is 0.226 e. The monoisotopic (exact) mass is 264 g/mol. The van der Waals surface area contributed by atoms with E-state index >= 15 is 0 Å². The Bertz CT molecular complexity index is 447. The van der Waals surface area contributed by atoms with E-state index in [4.69, 9.17) is 18.0 Å². The molecule has 0 aliphatic carbocycles. The van der Waals surface area contributed by atoms with E-state index in [1.807, 2.05) is 13.0 Å². The van der Waals surface area contributed by atoms with Crippen molar-refractivity contribution in [1.82, 2.24) is 9.97 Å². The predicted molar refractivity (Wildman–Crippen MR) is 77.9 cm³/mol. The average Bonchev–Trinajstić information content (AvgIpc) is 2.77. The Kier molecular flexibility index (Phi) is 4.11. The topological polar surface area (TPSA) is 55.0 Å². The van der Waals surface area contributed by atoms with Crippen molar-refractivity contribution in [1.29, 1.82) is 0 Å². The zero-order chi connectivity index (χ0) is 13.1. The van der Waals surface area contributed by atoms with Gasteiger partial charge in [-0.05, 0) is 31.7 Å². The first-order valence-corrected chi connectivity index (χ1v) is 6.91. The minimum Gasteiger partial charge on any atom is -0.388 e. The fraction of sp³-hybridized carbons (Fsp3) is 0.615. The average molecular weight is 264 g/mol. The molecule has 1 aromatic heterocycles. The maximum absolute atomic E-state index is 5.65. The quantitative estimate of drug-likeness (QED) is 0.843. The lowest BCUT2D eigenvalue weighted by atomic mass is 10.0. The summed E-state index contributed by atoms with van der Waals surface area (Å²) in [5, 5.41) is 0. The molecule has 1 saturated heterocycles. The number of nitrogens with two attached hydrogens (primary N) is 1. The van der Waals surface area contributed by atoms with Crippen LogP contribution in [0.5, 0.6) is 0 Å². The van der Waals surface area contributed by atoms with E-state index in [1.165, 1.54) is 19.3 Å². The molecule has 18 heavy (non-hydrogen) atoms. The van der Waals surface area contributed by atoms with Gasteiger partial charge in [0.1, 0.15) is 10.7 Å². The van der Waals surface area contributed by atoms with Crippen LogP contribution in [0.25, 0.3) is 0 Å². The van der Waals surface area contributed by atoms with Crippen molar-refractivity contribution < 1.29 is 0 Å². The fourth-order valence-electron chi connectivity index (χ4n) is 2.48. The van der Waals surface area contributed by atoms with Gasteiger partial charge in [0.2, 0.25) is 5.95 Å². The summed E-state index contributed by atoms with van der Waals surface area (Å²) in [6.45, 7) is 6.27. The molecule has 2 N–H and O–H groups in total. The molecule has 2 heterocycles. The molecule has 1 atom stereocenters. The number of thiocarbonyl (C=S) groups is 1. The minimum absolute atomic E-state index is 0.339. The third-order valence-electron chi connectivity index (χ3n) is 3.36. The summed E-state index contributed by atoms with van der Waals surface area (Å²) in [6.07, 6.45) is 3.75. The highest BCUT2D eigenvalue weighted by molar-refractivity contribution is 7.80. The Hall–Kier alpha value is -1.23. The molecule has 98 valence electrons. The Balaban J connectivity index is 2.16. The Morgan fingerprint density at radius 1 is 1.56 bits per heavy atom. The van der Waals surface area contributed by atoms with E-state index in [2.05, 4.69) is 21.8 Å². The molecule has 0 bridgehead atoms. The van der Waals surface area contributed by atoms with Crippen LogP contribution < -0.4 is 10.6 Å². The summed E-state index contributed by atoms with van der Waals surface area (Å²) in [6, 6.07) is 1.84. The van der Waals surface area contributed by atoms with Gasteiger partial charge in [-0.1, -0.05) is 25.6 Å². The number of hydrogen-bond donors (Lipinski definition) is 1. The molecule has 0 aromatic carbocycles. The van der Waals surface area contributed by atoms with Gasteiger partial charge in [-0.3, -0.25) is 0 Å². The summed E-state index contributed by atoms with van der Waals surface area (Å²) < 4.78 is 0. The largest absolute Gasteiger partial charge is 0.388 e. The maximum Gasteiger partial charge on any atom is 0.226 e. The van der Waals surface area contributed by atoms with Crippen molar-refractivity contribution in [3.05, 3.63) is 17.5 Å². The molecule has 0 radical (unpaired) electrons. The molecule has 1 unspecified atom stereocenters. The molecule has 0 amide bonds. The molecule has 5 heteroatoms. The van der Waals surface area contributed by atoms with E-state index < -0.39 is 0 Å². The van der Waals surface area contributed by atoms with Gasteiger partial charge >= 0.3 is 0 Å². The number of nitrogens with zero attached hydrogens (tertiary/aromatic N) is 3. The van der Waals surface area contributed by atoms with Crippen LogP contribution in [0.15, 0.2) is 6.07 Å². The van der Waals surface area contributed by atoms with E-state index in [-0.39, 0.29) is 0 Å². The summed E-state index contributed by atoms with van der Waals surface area (Å²) in [4.78, 5) is 11.5. The highest BCUT2D eigenvalue weighted by Gasteiger charge is 2.24. The molecule has 1 aromatic rings. The Morgan fingerprint density at radius 2 is 2.33 bits per heavy atom. The van der Waals surface area contributed by atoms with Crippen LogP contribution in [0.2, 0.25) is 0 Å². The van der Waals surface area contributed by atoms with Crippen molar-refractivity contribution in [3.8, 4) is 0 Å². The van der Waals surface area contributed by atoms with Crippen molar-refractivity contribution in [2.75, 3.05) is 18.0 Å². The highest BCUT2D eigenvalue weighted by Crippen LogP contribution is 2.24. The van der Waals surface area contributed by atoms with Crippen molar-refractivity contribution in [3.63, 3.8) is 0 Å². The minimum atomic E-state index is 0.339. The van der Waals surface area contributed by atoms with E-state index in [0.717, 1.165) is 30.6 Å². The van der Waals surface area contributed by atoms with Gasteiger partial charge in [0.05, 0.1) is 0 Å². The van der Waals surface area contributed by atoms with Crippen LogP contribution in [0.4, 0.5) is 5.95 Å². The first kappa shape index (κ1) is 13.2. The van der Waals surface area contributed by atoms with Gasteiger partial charge in [-0.2, -0.15) is 0 Å². The number of aromatic nitrogens is 2. The Morgan fingerprint density at radius 3 is 3.00 bits per heavy atom. The third-order valence-corrected chi connectivity index (χ3v) is 3.57. The highest BCUT2D eigenvalue weighted by atomic mass is 32.1. The molecule has 0 spiro atoms. The first-order valence-electron chi connectivity index (χ1n) is 6.50. The molecule has 1 fully saturated rings. The molecule has 2 rings (SSSR count). The predicted octanol–water partition coefficient (Wildman–Crippen LogP) is 2.05. The molecule has 1 aliphatic heterocycles. The van der Waals surface area contributed by atoms with Crippen LogP contribution in [-0.4, -0.2) is 28.0 Å². The second-order valence-corrected chi connectivity index (χ2v) is 5.39. The number of aryl methyl sites for hydroxylation is 1. The van der Waals surface area contributed by atoms with Crippen LogP contribution >= 0.6 is 12.2 Å². The van der Waals surface area contributed by atoms with Crippen molar-refractivity contribution in [2.24, 2.45) is 11.7 Å². The summed E-state index contributed by atoms with van der Waals surface area (Å²) in [7, 11) is 0. The van der Waals surface area contributed by atoms with Gasteiger partial charge < -0.3 is 10.6 Å². The first-order chi connectivity index (χ1) is 8.60. The summed E-state index contributed by atoms with van der Waals surface area (Å²) >= 11 is 4.99. The van der Waals surface area contributed by atoms with E-state index in [9.17, 15) is 0 Å². The number of rotatable bonds is 4. The normalized spacial score (nSPS) is 19.2. The van der Waals surface area contributed by atoms with Crippen LogP contribution in [0.3, 0.4) is 0 Å². The lowest BCUT2D eigenvalue weighted by Crippen LogP contribution is -2.24. The van der Waals surface area contributed by atoms with Crippen LogP contribution in [-0.2, 0) is 0 Å². The molecule has 4 nitrogen and oxygen atoms in total. The zero-order valence-electron chi connectivity index (χ0n) is 11.0. The second-order valence-electron chi connectivity index (χ2n) is 4.95. The van der Waals surface area contributed by atoms with E-state index in [0.29, 0.717) is 10.7 Å².